The Morgan fingerprint density at radius 1 is 1.05 bits per heavy atom. The van der Waals surface area contributed by atoms with E-state index in [1.54, 1.807) is 0 Å². The Labute approximate surface area is 118 Å². The normalized spacial score (nSPS) is 14.5. The minimum absolute atomic E-state index is 0.0660. The van der Waals surface area contributed by atoms with Crippen LogP contribution in [0, 0.1) is 0 Å². The molecule has 0 spiro atoms. The number of rotatable bonds is 2. The molecule has 2 aromatic carbocycles. The lowest BCUT2D eigenvalue weighted by Gasteiger charge is -2.22. The highest BCUT2D eigenvalue weighted by Crippen LogP contribution is 2.32. The van der Waals surface area contributed by atoms with Gasteiger partial charge in [0.25, 0.3) is 0 Å². The largest absolute Gasteiger partial charge is 0.357 e. The first-order chi connectivity index (χ1) is 9.74. The topological polar surface area (TPSA) is 32.3 Å². The van der Waals surface area contributed by atoms with Gasteiger partial charge in [0, 0.05) is 5.70 Å². The second kappa shape index (κ2) is 5.21. The molecule has 0 saturated heterocycles. The molecule has 100 valence electrons. The maximum atomic E-state index is 12.4. The molecular formula is C17H16N2O. The van der Waals surface area contributed by atoms with Crippen LogP contribution >= 0.6 is 0 Å². The number of amides is 1. The Balaban J connectivity index is 2.00. The average molecular weight is 264 g/mol. The summed E-state index contributed by atoms with van der Waals surface area (Å²) >= 11 is 0. The second-order valence-electron chi connectivity index (χ2n) is 4.89. The first-order valence-electron chi connectivity index (χ1n) is 6.62. The van der Waals surface area contributed by atoms with Crippen LogP contribution in [0.3, 0.4) is 0 Å². The summed E-state index contributed by atoms with van der Waals surface area (Å²) in [6, 6.07) is 17.8. The highest BCUT2D eigenvalue weighted by atomic mass is 16.2. The van der Waals surface area contributed by atoms with Gasteiger partial charge in [0.05, 0.1) is 24.3 Å². The number of carbonyl (C=O) groups is 1. The molecule has 1 aliphatic rings. The number of anilines is 2. The van der Waals surface area contributed by atoms with Crippen molar-refractivity contribution in [1.29, 1.82) is 0 Å². The van der Waals surface area contributed by atoms with E-state index in [-0.39, 0.29) is 5.91 Å². The lowest BCUT2D eigenvalue weighted by atomic mass is 10.2. The predicted molar refractivity (Wildman–Crippen MR) is 81.5 cm³/mol. The Morgan fingerprint density at radius 3 is 2.55 bits per heavy atom. The molecule has 0 atom stereocenters. The SMILES string of the molecule is C=C1CC(=O)N(Cc2ccccc2)c2ccccc2N1. The van der Waals surface area contributed by atoms with E-state index in [2.05, 4.69) is 11.9 Å². The van der Waals surface area contributed by atoms with Crippen LogP contribution in [-0.2, 0) is 11.3 Å². The monoisotopic (exact) mass is 264 g/mol. The average Bonchev–Trinajstić information content (AvgIpc) is 2.57. The Bertz CT molecular complexity index is 649. The Hall–Kier alpha value is -2.55. The van der Waals surface area contributed by atoms with Gasteiger partial charge in [-0.1, -0.05) is 49.0 Å². The summed E-state index contributed by atoms with van der Waals surface area (Å²) in [5.41, 5.74) is 3.68. The van der Waals surface area contributed by atoms with Crippen molar-refractivity contribution in [3.63, 3.8) is 0 Å². The molecule has 0 radical (unpaired) electrons. The molecule has 1 heterocycles. The molecule has 3 nitrogen and oxygen atoms in total. The van der Waals surface area contributed by atoms with Crippen molar-refractivity contribution in [2.45, 2.75) is 13.0 Å². The van der Waals surface area contributed by atoms with Crippen molar-refractivity contribution < 1.29 is 4.79 Å². The first-order valence-corrected chi connectivity index (χ1v) is 6.62. The van der Waals surface area contributed by atoms with E-state index in [9.17, 15) is 4.79 Å². The van der Waals surface area contributed by atoms with Gasteiger partial charge >= 0.3 is 0 Å². The van der Waals surface area contributed by atoms with Gasteiger partial charge in [0.2, 0.25) is 5.91 Å². The summed E-state index contributed by atoms with van der Waals surface area (Å²) in [6.07, 6.45) is 0.321. The van der Waals surface area contributed by atoms with E-state index in [0.29, 0.717) is 13.0 Å². The number of hydrogen-bond donors (Lipinski definition) is 1. The number of hydrogen-bond acceptors (Lipinski definition) is 2. The molecule has 0 aliphatic carbocycles. The van der Waals surface area contributed by atoms with Crippen LogP contribution in [0.5, 0.6) is 0 Å². The maximum absolute atomic E-state index is 12.4. The van der Waals surface area contributed by atoms with Gasteiger partial charge in [0.1, 0.15) is 0 Å². The Kier molecular flexibility index (Phi) is 3.25. The molecule has 0 saturated carbocycles. The van der Waals surface area contributed by atoms with Crippen LogP contribution in [0.4, 0.5) is 11.4 Å². The van der Waals surface area contributed by atoms with Crippen molar-refractivity contribution in [3.05, 3.63) is 72.4 Å². The molecule has 1 N–H and O–H groups in total. The molecule has 0 bridgehead atoms. The zero-order chi connectivity index (χ0) is 13.9. The third kappa shape index (κ3) is 2.43. The van der Waals surface area contributed by atoms with Crippen molar-refractivity contribution in [2.24, 2.45) is 0 Å². The quantitative estimate of drug-likeness (QED) is 0.899. The fraction of sp³-hybridized carbons (Fsp3) is 0.118. The number of para-hydroxylation sites is 2. The van der Waals surface area contributed by atoms with Crippen LogP contribution in [0.15, 0.2) is 66.9 Å². The van der Waals surface area contributed by atoms with Crippen molar-refractivity contribution in [3.8, 4) is 0 Å². The fourth-order valence-electron chi connectivity index (χ4n) is 2.40. The van der Waals surface area contributed by atoms with Gasteiger partial charge in [-0.15, -0.1) is 0 Å². The van der Waals surface area contributed by atoms with Crippen LogP contribution in [0.2, 0.25) is 0 Å². The van der Waals surface area contributed by atoms with Crippen LogP contribution in [0.25, 0.3) is 0 Å². The summed E-state index contributed by atoms with van der Waals surface area (Å²) in [4.78, 5) is 14.2. The number of nitrogens with zero attached hydrogens (tertiary/aromatic N) is 1. The molecule has 0 fully saturated rings. The summed E-state index contributed by atoms with van der Waals surface area (Å²) in [5.74, 6) is 0.0660. The van der Waals surface area contributed by atoms with Crippen molar-refractivity contribution >= 4 is 17.3 Å². The number of nitrogens with one attached hydrogen (secondary N) is 1. The lowest BCUT2D eigenvalue weighted by Crippen LogP contribution is -2.29. The van der Waals surface area contributed by atoms with E-state index in [1.807, 2.05) is 59.5 Å². The third-order valence-electron chi connectivity index (χ3n) is 3.36. The summed E-state index contributed by atoms with van der Waals surface area (Å²) in [6.45, 7) is 4.48. The number of carbonyl (C=O) groups excluding carboxylic acids is 1. The molecular weight excluding hydrogens is 248 g/mol. The first kappa shape index (κ1) is 12.5. The van der Waals surface area contributed by atoms with E-state index < -0.39 is 0 Å². The Morgan fingerprint density at radius 2 is 1.75 bits per heavy atom. The summed E-state index contributed by atoms with van der Waals surface area (Å²) in [7, 11) is 0. The minimum Gasteiger partial charge on any atom is -0.357 e. The van der Waals surface area contributed by atoms with Crippen LogP contribution in [-0.4, -0.2) is 5.91 Å². The van der Waals surface area contributed by atoms with Gasteiger partial charge < -0.3 is 10.2 Å². The van der Waals surface area contributed by atoms with Crippen molar-refractivity contribution in [1.82, 2.24) is 0 Å². The smallest absolute Gasteiger partial charge is 0.233 e. The van der Waals surface area contributed by atoms with Gasteiger partial charge in [-0.3, -0.25) is 4.79 Å². The van der Waals surface area contributed by atoms with E-state index in [1.165, 1.54) is 0 Å². The lowest BCUT2D eigenvalue weighted by molar-refractivity contribution is -0.118. The standard InChI is InChI=1S/C17H16N2O/c1-13-11-17(20)19(12-14-7-3-2-4-8-14)16-10-6-5-9-15(16)18-13/h2-10,18H,1,11-12H2. The molecule has 2 aromatic rings. The number of fused-ring (bicyclic) bond motifs is 1. The van der Waals surface area contributed by atoms with E-state index >= 15 is 0 Å². The van der Waals surface area contributed by atoms with Crippen LogP contribution < -0.4 is 10.2 Å². The van der Waals surface area contributed by atoms with Crippen molar-refractivity contribution in [2.75, 3.05) is 10.2 Å². The van der Waals surface area contributed by atoms with Gasteiger partial charge in [-0.05, 0) is 17.7 Å². The third-order valence-corrected chi connectivity index (χ3v) is 3.36. The zero-order valence-electron chi connectivity index (χ0n) is 11.2. The fourth-order valence-corrected chi connectivity index (χ4v) is 2.40. The highest BCUT2D eigenvalue weighted by Gasteiger charge is 2.23. The molecule has 3 rings (SSSR count). The predicted octanol–water partition coefficient (Wildman–Crippen LogP) is 3.55. The van der Waals surface area contributed by atoms with Gasteiger partial charge in [-0.2, -0.15) is 0 Å². The molecule has 0 aromatic heterocycles. The van der Waals surface area contributed by atoms with E-state index in [0.717, 1.165) is 22.6 Å². The molecule has 1 amide bonds. The maximum Gasteiger partial charge on any atom is 0.233 e. The molecule has 1 aliphatic heterocycles. The van der Waals surface area contributed by atoms with Gasteiger partial charge in [0.15, 0.2) is 0 Å². The zero-order valence-corrected chi connectivity index (χ0v) is 11.2. The second-order valence-corrected chi connectivity index (χ2v) is 4.89. The molecule has 0 unspecified atom stereocenters. The minimum atomic E-state index is 0.0660. The summed E-state index contributed by atoms with van der Waals surface area (Å²) < 4.78 is 0. The van der Waals surface area contributed by atoms with E-state index in [4.69, 9.17) is 0 Å². The van der Waals surface area contributed by atoms with Gasteiger partial charge in [-0.25, -0.2) is 0 Å². The van der Waals surface area contributed by atoms with Crippen LogP contribution in [0.1, 0.15) is 12.0 Å². The summed E-state index contributed by atoms with van der Waals surface area (Å²) in [5, 5.41) is 3.21. The molecule has 20 heavy (non-hydrogen) atoms. The number of benzene rings is 2. The molecule has 3 heteroatoms. The highest BCUT2D eigenvalue weighted by molar-refractivity contribution is 6.00.